The van der Waals surface area contributed by atoms with Crippen LogP contribution in [0.5, 0.6) is 5.75 Å². The highest BCUT2D eigenvalue weighted by Crippen LogP contribution is 2.33. The van der Waals surface area contributed by atoms with Crippen LogP contribution in [0, 0.1) is 5.82 Å². The van der Waals surface area contributed by atoms with Gasteiger partial charge in [0.2, 0.25) is 11.8 Å². The Hall–Kier alpha value is -4.85. The SMILES string of the molecule is COc1cc2nn(C3CCN(Cc4ccc(C5CCC(=O)NC5=O)c(F)c4)CC3)cc2cc1NC(=O)c1ccc(C(F)(F)F)nc1. The summed E-state index contributed by atoms with van der Waals surface area (Å²) in [4.78, 5) is 42.0. The van der Waals surface area contributed by atoms with E-state index in [1.165, 1.54) is 13.2 Å². The Morgan fingerprint density at radius 3 is 2.52 bits per heavy atom. The topological polar surface area (TPSA) is 118 Å². The normalized spacial score (nSPS) is 18.1. The van der Waals surface area contributed by atoms with Gasteiger partial charge in [-0.2, -0.15) is 18.3 Å². The highest BCUT2D eigenvalue weighted by Gasteiger charge is 2.33. The molecule has 14 heteroatoms. The fraction of sp³-hybridized carbons (Fsp3) is 0.344. The summed E-state index contributed by atoms with van der Waals surface area (Å²) in [6, 6.07) is 10.2. The van der Waals surface area contributed by atoms with Gasteiger partial charge >= 0.3 is 6.18 Å². The van der Waals surface area contributed by atoms with E-state index in [0.717, 1.165) is 55.2 Å². The van der Waals surface area contributed by atoms with Gasteiger partial charge in [-0.25, -0.2) is 4.39 Å². The van der Waals surface area contributed by atoms with Crippen LogP contribution in [0.15, 0.2) is 54.9 Å². The molecular weight excluding hydrogens is 608 g/mol. The molecule has 46 heavy (non-hydrogen) atoms. The van der Waals surface area contributed by atoms with E-state index in [1.54, 1.807) is 18.2 Å². The predicted octanol–water partition coefficient (Wildman–Crippen LogP) is 5.21. The van der Waals surface area contributed by atoms with Crippen LogP contribution in [0.1, 0.15) is 64.8 Å². The van der Waals surface area contributed by atoms with Gasteiger partial charge in [-0.15, -0.1) is 0 Å². The minimum atomic E-state index is -4.60. The van der Waals surface area contributed by atoms with Crippen molar-refractivity contribution in [2.24, 2.45) is 0 Å². The summed E-state index contributed by atoms with van der Waals surface area (Å²) in [6.45, 7) is 2.06. The number of benzene rings is 2. The number of halogens is 4. The molecule has 240 valence electrons. The number of amides is 3. The summed E-state index contributed by atoms with van der Waals surface area (Å²) in [5.74, 6) is -2.22. The number of fused-ring (bicyclic) bond motifs is 1. The van der Waals surface area contributed by atoms with E-state index < -0.39 is 35.4 Å². The molecule has 2 aromatic carbocycles. The van der Waals surface area contributed by atoms with E-state index in [4.69, 9.17) is 9.84 Å². The molecule has 0 aliphatic carbocycles. The molecule has 4 aromatic rings. The Labute approximate surface area is 260 Å². The molecule has 2 aromatic heterocycles. The lowest BCUT2D eigenvalue weighted by molar-refractivity contribution is -0.141. The lowest BCUT2D eigenvalue weighted by atomic mass is 9.89. The molecule has 10 nitrogen and oxygen atoms in total. The summed E-state index contributed by atoms with van der Waals surface area (Å²) in [5.41, 5.74) is 0.964. The number of nitrogens with one attached hydrogen (secondary N) is 2. The van der Waals surface area contributed by atoms with E-state index in [-0.39, 0.29) is 23.9 Å². The summed E-state index contributed by atoms with van der Waals surface area (Å²) in [7, 11) is 1.44. The Balaban J connectivity index is 1.09. The molecule has 2 N–H and O–H groups in total. The molecule has 6 rings (SSSR count). The Bertz CT molecular complexity index is 1800. The van der Waals surface area contributed by atoms with E-state index in [2.05, 4.69) is 20.5 Å². The number of ether oxygens (including phenoxy) is 1. The largest absolute Gasteiger partial charge is 0.494 e. The zero-order valence-electron chi connectivity index (χ0n) is 24.7. The second kappa shape index (κ2) is 12.5. The molecule has 2 aliphatic heterocycles. The maximum absolute atomic E-state index is 15.0. The second-order valence-corrected chi connectivity index (χ2v) is 11.5. The average Bonchev–Trinajstić information content (AvgIpc) is 3.44. The third kappa shape index (κ3) is 6.57. The third-order valence-corrected chi connectivity index (χ3v) is 8.42. The Morgan fingerprint density at radius 2 is 1.87 bits per heavy atom. The number of pyridine rings is 1. The number of aromatic nitrogens is 3. The van der Waals surface area contributed by atoms with Gasteiger partial charge in [-0.05, 0) is 49.1 Å². The van der Waals surface area contributed by atoms with Gasteiger partial charge < -0.3 is 10.1 Å². The quantitative estimate of drug-likeness (QED) is 0.211. The first-order valence-electron chi connectivity index (χ1n) is 14.7. The van der Waals surface area contributed by atoms with E-state index >= 15 is 0 Å². The highest BCUT2D eigenvalue weighted by atomic mass is 19.4. The monoisotopic (exact) mass is 638 g/mol. The van der Waals surface area contributed by atoms with Gasteiger partial charge in [0.15, 0.2) is 0 Å². The number of hydrogen-bond donors (Lipinski definition) is 2. The van der Waals surface area contributed by atoms with E-state index in [9.17, 15) is 31.9 Å². The van der Waals surface area contributed by atoms with Crippen LogP contribution in [0.3, 0.4) is 0 Å². The van der Waals surface area contributed by atoms with Gasteiger partial charge in [0.1, 0.15) is 17.3 Å². The van der Waals surface area contributed by atoms with Crippen LogP contribution < -0.4 is 15.4 Å². The fourth-order valence-electron chi connectivity index (χ4n) is 5.96. The van der Waals surface area contributed by atoms with Crippen LogP contribution in [0.4, 0.5) is 23.2 Å². The van der Waals surface area contributed by atoms with Crippen LogP contribution >= 0.6 is 0 Å². The molecule has 3 amide bonds. The lowest BCUT2D eigenvalue weighted by Crippen LogP contribution is -2.39. The molecule has 0 saturated carbocycles. The van der Waals surface area contributed by atoms with E-state index in [1.807, 2.05) is 16.9 Å². The first-order chi connectivity index (χ1) is 22.0. The van der Waals surface area contributed by atoms with Crippen molar-refractivity contribution in [3.8, 4) is 5.75 Å². The number of carbonyl (C=O) groups is 3. The van der Waals surface area contributed by atoms with Crippen molar-refractivity contribution in [1.82, 2.24) is 25.0 Å². The number of rotatable bonds is 7. The van der Waals surface area contributed by atoms with Crippen LogP contribution in [0.2, 0.25) is 0 Å². The number of piperidine rings is 2. The molecule has 2 saturated heterocycles. The molecule has 1 atom stereocenters. The highest BCUT2D eigenvalue weighted by molar-refractivity contribution is 6.06. The number of methoxy groups -OCH3 is 1. The molecular formula is C32H30F4N6O4. The number of alkyl halides is 3. The summed E-state index contributed by atoms with van der Waals surface area (Å²) in [5, 5.41) is 10.4. The first kappa shape index (κ1) is 31.1. The van der Waals surface area contributed by atoms with Gasteiger partial charge in [0.25, 0.3) is 5.91 Å². The van der Waals surface area contributed by atoms with Crippen molar-refractivity contribution in [2.45, 2.75) is 50.4 Å². The summed E-state index contributed by atoms with van der Waals surface area (Å²) >= 11 is 0. The molecule has 0 spiro atoms. The smallest absolute Gasteiger partial charge is 0.433 e. The summed E-state index contributed by atoms with van der Waals surface area (Å²) < 4.78 is 60.8. The zero-order valence-corrected chi connectivity index (χ0v) is 24.7. The van der Waals surface area contributed by atoms with Crippen molar-refractivity contribution in [3.05, 3.63) is 83.1 Å². The molecule has 1 unspecified atom stereocenters. The van der Waals surface area contributed by atoms with Crippen LogP contribution in [-0.2, 0) is 22.3 Å². The third-order valence-electron chi connectivity index (χ3n) is 8.42. The lowest BCUT2D eigenvalue weighted by Gasteiger charge is -2.32. The minimum Gasteiger partial charge on any atom is -0.494 e. The minimum absolute atomic E-state index is 0.0365. The number of anilines is 1. The van der Waals surface area contributed by atoms with E-state index in [0.29, 0.717) is 35.5 Å². The van der Waals surface area contributed by atoms with Crippen molar-refractivity contribution in [2.75, 3.05) is 25.5 Å². The molecule has 2 fully saturated rings. The van der Waals surface area contributed by atoms with Crippen molar-refractivity contribution in [1.29, 1.82) is 0 Å². The summed E-state index contributed by atoms with van der Waals surface area (Å²) in [6.07, 6.45) is 0.229. The van der Waals surface area contributed by atoms with Gasteiger partial charge in [0, 0.05) is 55.5 Å². The first-order valence-corrected chi connectivity index (χ1v) is 14.7. The fourth-order valence-corrected chi connectivity index (χ4v) is 5.96. The maximum atomic E-state index is 15.0. The number of carbonyl (C=O) groups excluding carboxylic acids is 3. The Kier molecular flexibility index (Phi) is 8.47. The zero-order chi connectivity index (χ0) is 32.6. The number of nitrogens with zero attached hydrogens (tertiary/aromatic N) is 4. The van der Waals surface area contributed by atoms with Gasteiger partial charge in [0.05, 0.1) is 35.8 Å². The maximum Gasteiger partial charge on any atom is 0.433 e. The average molecular weight is 639 g/mol. The van der Waals surface area contributed by atoms with Crippen molar-refractivity contribution < 1.29 is 36.7 Å². The molecule has 2 aliphatic rings. The second-order valence-electron chi connectivity index (χ2n) is 11.5. The van der Waals surface area contributed by atoms with Gasteiger partial charge in [-0.3, -0.25) is 34.3 Å². The van der Waals surface area contributed by atoms with Crippen molar-refractivity contribution >= 4 is 34.3 Å². The van der Waals surface area contributed by atoms with Crippen LogP contribution in [-0.4, -0.2) is 57.6 Å². The number of hydrogen-bond acceptors (Lipinski definition) is 7. The molecule has 0 radical (unpaired) electrons. The molecule has 4 heterocycles. The Morgan fingerprint density at radius 1 is 1.09 bits per heavy atom. The molecule has 0 bridgehead atoms. The van der Waals surface area contributed by atoms with Gasteiger partial charge in [-0.1, -0.05) is 12.1 Å². The standard InChI is InChI=1S/C32H30F4N6O4/c1-46-27-14-25-20(13-26(27)38-30(44)19-3-6-28(37-15-19)32(34,35)36)17-42(40-25)21-8-10-41(11-9-21)16-18-2-4-22(24(33)12-18)23-5-7-29(43)39-31(23)45/h2-4,6,12-15,17,21,23H,5,7-11,16H2,1H3,(H,38,44)(H,39,43,45). The van der Waals surface area contributed by atoms with Crippen molar-refractivity contribution in [3.63, 3.8) is 0 Å². The number of likely N-dealkylation sites (tertiary alicyclic amines) is 1. The number of imide groups is 1. The van der Waals surface area contributed by atoms with Crippen LogP contribution in [0.25, 0.3) is 10.9 Å². The predicted molar refractivity (Wildman–Crippen MR) is 159 cm³/mol.